The fourth-order valence-corrected chi connectivity index (χ4v) is 2.14. The van der Waals surface area contributed by atoms with Gasteiger partial charge in [0.05, 0.1) is 10.1 Å². The van der Waals surface area contributed by atoms with Gasteiger partial charge in [-0.05, 0) is 47.0 Å². The highest BCUT2D eigenvalue weighted by Gasteiger charge is 2.19. The maximum atomic E-state index is 13.0. The van der Waals surface area contributed by atoms with E-state index in [1.165, 1.54) is 6.07 Å². The van der Waals surface area contributed by atoms with Crippen LogP contribution < -0.4 is 0 Å². The molecule has 1 unspecified atom stereocenters. The SMILES string of the molecule is CCCC(C)(O)Cc1ccc(F)c(Br)c1. The minimum atomic E-state index is -0.702. The van der Waals surface area contributed by atoms with Crippen molar-refractivity contribution in [2.24, 2.45) is 0 Å². The van der Waals surface area contributed by atoms with Crippen LogP contribution in [0.2, 0.25) is 0 Å². The molecule has 1 rings (SSSR count). The quantitative estimate of drug-likeness (QED) is 0.888. The van der Waals surface area contributed by atoms with Crippen molar-refractivity contribution in [3.8, 4) is 0 Å². The largest absolute Gasteiger partial charge is 0.390 e. The smallest absolute Gasteiger partial charge is 0.137 e. The molecule has 0 bridgehead atoms. The average molecular weight is 275 g/mol. The van der Waals surface area contributed by atoms with Crippen molar-refractivity contribution < 1.29 is 9.50 Å². The first-order chi connectivity index (χ1) is 6.94. The zero-order chi connectivity index (χ0) is 11.5. The van der Waals surface area contributed by atoms with Crippen molar-refractivity contribution in [2.45, 2.75) is 38.7 Å². The van der Waals surface area contributed by atoms with E-state index in [4.69, 9.17) is 0 Å². The van der Waals surface area contributed by atoms with E-state index in [1.54, 1.807) is 12.1 Å². The van der Waals surface area contributed by atoms with Crippen LogP contribution in [-0.2, 0) is 6.42 Å². The average Bonchev–Trinajstić information content (AvgIpc) is 2.10. The molecule has 0 saturated carbocycles. The number of rotatable bonds is 4. The van der Waals surface area contributed by atoms with Crippen molar-refractivity contribution in [1.29, 1.82) is 0 Å². The van der Waals surface area contributed by atoms with Crippen LogP contribution in [0.15, 0.2) is 22.7 Å². The van der Waals surface area contributed by atoms with Crippen molar-refractivity contribution >= 4 is 15.9 Å². The van der Waals surface area contributed by atoms with E-state index in [0.29, 0.717) is 10.9 Å². The van der Waals surface area contributed by atoms with Gasteiger partial charge in [-0.1, -0.05) is 19.4 Å². The molecule has 0 aromatic heterocycles. The molecule has 3 heteroatoms. The second kappa shape index (κ2) is 5.08. The standard InChI is InChI=1S/C12H16BrFO/c1-3-6-12(2,15)8-9-4-5-11(14)10(13)7-9/h4-5,7,15H,3,6,8H2,1-2H3. The second-order valence-electron chi connectivity index (χ2n) is 4.17. The van der Waals surface area contributed by atoms with Gasteiger partial charge >= 0.3 is 0 Å². The summed E-state index contributed by atoms with van der Waals surface area (Å²) in [5, 5.41) is 10.0. The predicted octanol–water partition coefficient (Wildman–Crippen LogP) is 3.68. The monoisotopic (exact) mass is 274 g/mol. The maximum absolute atomic E-state index is 13.0. The van der Waals surface area contributed by atoms with E-state index in [9.17, 15) is 9.50 Å². The number of aliphatic hydroxyl groups is 1. The first-order valence-corrected chi connectivity index (χ1v) is 5.90. The maximum Gasteiger partial charge on any atom is 0.137 e. The first-order valence-electron chi connectivity index (χ1n) is 5.11. The Morgan fingerprint density at radius 2 is 2.13 bits per heavy atom. The molecule has 1 N–H and O–H groups in total. The Labute approximate surface area is 98.4 Å². The number of benzene rings is 1. The molecule has 0 amide bonds. The van der Waals surface area contributed by atoms with Gasteiger partial charge in [0.25, 0.3) is 0 Å². The fraction of sp³-hybridized carbons (Fsp3) is 0.500. The minimum Gasteiger partial charge on any atom is -0.390 e. The molecule has 1 aromatic rings. The van der Waals surface area contributed by atoms with Gasteiger partial charge in [0, 0.05) is 6.42 Å². The highest BCUT2D eigenvalue weighted by atomic mass is 79.9. The number of hydrogen-bond donors (Lipinski definition) is 1. The minimum absolute atomic E-state index is 0.270. The van der Waals surface area contributed by atoms with Crippen molar-refractivity contribution in [3.63, 3.8) is 0 Å². The Bertz CT molecular complexity index is 336. The van der Waals surface area contributed by atoms with Gasteiger partial charge in [0.2, 0.25) is 0 Å². The van der Waals surface area contributed by atoms with Crippen LogP contribution in [0.3, 0.4) is 0 Å². The highest BCUT2D eigenvalue weighted by molar-refractivity contribution is 9.10. The summed E-state index contributed by atoms with van der Waals surface area (Å²) in [5.74, 6) is -0.270. The summed E-state index contributed by atoms with van der Waals surface area (Å²) in [6.45, 7) is 3.85. The lowest BCUT2D eigenvalue weighted by molar-refractivity contribution is 0.0505. The summed E-state index contributed by atoms with van der Waals surface area (Å²) < 4.78 is 13.4. The van der Waals surface area contributed by atoms with Gasteiger partial charge in [-0.2, -0.15) is 0 Å². The second-order valence-corrected chi connectivity index (χ2v) is 5.03. The molecule has 0 aliphatic rings. The lowest BCUT2D eigenvalue weighted by Crippen LogP contribution is -2.26. The van der Waals surface area contributed by atoms with Crippen LogP contribution in [0, 0.1) is 5.82 Å². The summed E-state index contributed by atoms with van der Waals surface area (Å²) >= 11 is 3.14. The van der Waals surface area contributed by atoms with Crippen LogP contribution in [0.4, 0.5) is 4.39 Å². The normalized spacial score (nSPS) is 15.0. The number of halogens is 2. The summed E-state index contributed by atoms with van der Waals surface area (Å²) in [5.41, 5.74) is 0.244. The van der Waals surface area contributed by atoms with Crippen LogP contribution in [0.5, 0.6) is 0 Å². The molecule has 1 nitrogen and oxygen atoms in total. The Kier molecular flexibility index (Phi) is 4.29. The summed E-state index contributed by atoms with van der Waals surface area (Å²) in [6.07, 6.45) is 2.25. The van der Waals surface area contributed by atoms with E-state index in [0.717, 1.165) is 18.4 Å². The Morgan fingerprint density at radius 1 is 1.47 bits per heavy atom. The molecule has 15 heavy (non-hydrogen) atoms. The third kappa shape index (κ3) is 3.92. The van der Waals surface area contributed by atoms with Gasteiger partial charge in [-0.3, -0.25) is 0 Å². The zero-order valence-corrected chi connectivity index (χ0v) is 10.6. The van der Waals surface area contributed by atoms with Crippen LogP contribution in [0.1, 0.15) is 32.3 Å². The predicted molar refractivity (Wildman–Crippen MR) is 63.3 cm³/mol. The van der Waals surface area contributed by atoms with Crippen LogP contribution in [-0.4, -0.2) is 10.7 Å². The third-order valence-electron chi connectivity index (χ3n) is 2.36. The lowest BCUT2D eigenvalue weighted by atomic mass is 9.92. The molecule has 84 valence electrons. The van der Waals surface area contributed by atoms with Crippen molar-refractivity contribution in [3.05, 3.63) is 34.1 Å². The van der Waals surface area contributed by atoms with E-state index in [1.807, 2.05) is 13.8 Å². The molecule has 0 aliphatic heterocycles. The van der Waals surface area contributed by atoms with Gasteiger partial charge in [0.1, 0.15) is 5.82 Å². The molecule has 0 heterocycles. The van der Waals surface area contributed by atoms with E-state index in [-0.39, 0.29) is 5.82 Å². The Balaban J connectivity index is 2.76. The van der Waals surface area contributed by atoms with E-state index in [2.05, 4.69) is 15.9 Å². The molecule has 0 aliphatic carbocycles. The zero-order valence-electron chi connectivity index (χ0n) is 9.06. The number of hydrogen-bond acceptors (Lipinski definition) is 1. The van der Waals surface area contributed by atoms with Gasteiger partial charge in [0.15, 0.2) is 0 Å². The van der Waals surface area contributed by atoms with Crippen LogP contribution in [0.25, 0.3) is 0 Å². The molecular weight excluding hydrogens is 259 g/mol. The Morgan fingerprint density at radius 3 is 2.67 bits per heavy atom. The van der Waals surface area contributed by atoms with Gasteiger partial charge in [-0.25, -0.2) is 4.39 Å². The topological polar surface area (TPSA) is 20.2 Å². The lowest BCUT2D eigenvalue weighted by Gasteiger charge is -2.22. The summed E-state index contributed by atoms with van der Waals surface area (Å²) in [4.78, 5) is 0. The molecule has 0 radical (unpaired) electrons. The van der Waals surface area contributed by atoms with Crippen molar-refractivity contribution in [2.75, 3.05) is 0 Å². The molecule has 1 atom stereocenters. The fourth-order valence-electron chi connectivity index (χ4n) is 1.72. The summed E-state index contributed by atoms with van der Waals surface area (Å²) in [7, 11) is 0. The Hall–Kier alpha value is -0.410. The molecular formula is C12H16BrFO. The van der Waals surface area contributed by atoms with Crippen LogP contribution >= 0.6 is 15.9 Å². The van der Waals surface area contributed by atoms with Gasteiger partial charge in [-0.15, -0.1) is 0 Å². The van der Waals surface area contributed by atoms with Gasteiger partial charge < -0.3 is 5.11 Å². The molecule has 0 saturated heterocycles. The molecule has 1 aromatic carbocycles. The first kappa shape index (κ1) is 12.7. The summed E-state index contributed by atoms with van der Waals surface area (Å²) in [6, 6.07) is 4.85. The van der Waals surface area contributed by atoms with E-state index >= 15 is 0 Å². The molecule has 0 spiro atoms. The van der Waals surface area contributed by atoms with Crippen molar-refractivity contribution in [1.82, 2.24) is 0 Å². The molecule has 0 fully saturated rings. The van der Waals surface area contributed by atoms with E-state index < -0.39 is 5.60 Å². The third-order valence-corrected chi connectivity index (χ3v) is 2.97. The highest BCUT2D eigenvalue weighted by Crippen LogP contribution is 2.22.